The van der Waals surface area contributed by atoms with Gasteiger partial charge in [-0.3, -0.25) is 4.79 Å². The number of aromatic nitrogens is 2. The molecule has 3 aromatic rings. The van der Waals surface area contributed by atoms with Crippen molar-refractivity contribution in [2.24, 2.45) is 0 Å². The van der Waals surface area contributed by atoms with Crippen molar-refractivity contribution in [3.05, 3.63) is 70.1 Å². The maximum absolute atomic E-state index is 13.9. The zero-order valence-electron chi connectivity index (χ0n) is 11.1. The van der Waals surface area contributed by atoms with Gasteiger partial charge in [0.25, 0.3) is 0 Å². The first kappa shape index (κ1) is 14.8. The van der Waals surface area contributed by atoms with E-state index in [-0.39, 0.29) is 16.4 Å². The molecule has 0 aliphatic heterocycles. The van der Waals surface area contributed by atoms with Gasteiger partial charge in [0.05, 0.1) is 5.56 Å². The van der Waals surface area contributed by atoms with Crippen molar-refractivity contribution >= 4 is 29.5 Å². The van der Waals surface area contributed by atoms with E-state index in [4.69, 9.17) is 23.2 Å². The molecule has 1 aromatic heterocycles. The molecular formula is C16H9Cl2FN2O. The van der Waals surface area contributed by atoms with Gasteiger partial charge in [-0.15, -0.1) is 0 Å². The summed E-state index contributed by atoms with van der Waals surface area (Å²) in [5, 5.41) is 4.91. The van der Waals surface area contributed by atoms with Gasteiger partial charge < -0.3 is 0 Å². The number of nitrogens with zero attached hydrogens (tertiary/aromatic N) is 2. The Hall–Kier alpha value is -2.17. The molecule has 0 N–H and O–H groups in total. The topological polar surface area (TPSA) is 34.9 Å². The minimum absolute atomic E-state index is 0.0602. The summed E-state index contributed by atoms with van der Waals surface area (Å²) in [6, 6.07) is 12.9. The lowest BCUT2D eigenvalue weighted by Crippen LogP contribution is -1.99. The van der Waals surface area contributed by atoms with Crippen LogP contribution in [0.1, 0.15) is 10.4 Å². The molecule has 0 saturated heterocycles. The Kier molecular flexibility index (Phi) is 3.96. The number of carbonyl (C=O) groups is 1. The highest BCUT2D eigenvalue weighted by Gasteiger charge is 2.19. The molecule has 0 aliphatic carbocycles. The smallest absolute Gasteiger partial charge is 0.155 e. The molecule has 0 atom stereocenters. The van der Waals surface area contributed by atoms with Crippen molar-refractivity contribution in [2.75, 3.05) is 0 Å². The van der Waals surface area contributed by atoms with Crippen LogP contribution in [0.4, 0.5) is 4.39 Å². The highest BCUT2D eigenvalue weighted by atomic mass is 35.5. The monoisotopic (exact) mass is 334 g/mol. The normalized spacial score (nSPS) is 10.7. The van der Waals surface area contributed by atoms with E-state index in [0.717, 1.165) is 0 Å². The zero-order chi connectivity index (χ0) is 15.7. The third kappa shape index (κ3) is 2.51. The van der Waals surface area contributed by atoms with E-state index in [1.165, 1.54) is 16.8 Å². The standard InChI is InChI=1S/C16H9Cl2FN2O/c17-11-7-5-10(6-8-11)15-12(9-22)16(18)21(20-15)14-4-2-1-3-13(14)19/h1-9H. The fourth-order valence-electron chi connectivity index (χ4n) is 2.12. The summed E-state index contributed by atoms with van der Waals surface area (Å²) in [6.45, 7) is 0. The number of aldehydes is 1. The molecule has 2 aromatic carbocycles. The molecular weight excluding hydrogens is 326 g/mol. The van der Waals surface area contributed by atoms with Gasteiger partial charge in [-0.25, -0.2) is 9.07 Å². The van der Waals surface area contributed by atoms with Crippen LogP contribution >= 0.6 is 23.2 Å². The maximum atomic E-state index is 13.9. The third-order valence-corrected chi connectivity index (χ3v) is 3.80. The van der Waals surface area contributed by atoms with Crippen molar-refractivity contribution in [1.82, 2.24) is 9.78 Å². The van der Waals surface area contributed by atoms with Crippen LogP contribution in [0.25, 0.3) is 16.9 Å². The first-order valence-corrected chi connectivity index (χ1v) is 7.12. The SMILES string of the molecule is O=Cc1c(-c2ccc(Cl)cc2)nn(-c2ccccc2F)c1Cl. The molecule has 0 amide bonds. The molecule has 0 unspecified atom stereocenters. The number of halogens is 3. The van der Waals surface area contributed by atoms with Crippen LogP contribution in [0.5, 0.6) is 0 Å². The van der Waals surface area contributed by atoms with Crippen LogP contribution in [0, 0.1) is 5.82 Å². The Bertz CT molecular complexity index is 844. The Morgan fingerprint density at radius 1 is 1.05 bits per heavy atom. The van der Waals surface area contributed by atoms with Gasteiger partial charge >= 0.3 is 0 Å². The molecule has 0 bridgehead atoms. The molecule has 0 spiro atoms. The maximum Gasteiger partial charge on any atom is 0.155 e. The number of carbonyl (C=O) groups excluding carboxylic acids is 1. The van der Waals surface area contributed by atoms with E-state index in [9.17, 15) is 9.18 Å². The first-order chi connectivity index (χ1) is 10.6. The molecule has 22 heavy (non-hydrogen) atoms. The van der Waals surface area contributed by atoms with Gasteiger partial charge in [-0.05, 0) is 24.3 Å². The summed E-state index contributed by atoms with van der Waals surface area (Å²) in [7, 11) is 0. The molecule has 0 saturated carbocycles. The minimum Gasteiger partial charge on any atom is -0.298 e. The molecule has 3 rings (SSSR count). The van der Waals surface area contributed by atoms with Gasteiger partial charge in [0, 0.05) is 10.6 Å². The zero-order valence-corrected chi connectivity index (χ0v) is 12.6. The van der Waals surface area contributed by atoms with Crippen molar-refractivity contribution in [3.8, 4) is 16.9 Å². The Balaban J connectivity index is 2.21. The largest absolute Gasteiger partial charge is 0.298 e. The second-order valence-electron chi connectivity index (χ2n) is 4.54. The van der Waals surface area contributed by atoms with E-state index in [1.807, 2.05) is 0 Å². The Labute approximate surface area is 135 Å². The lowest BCUT2D eigenvalue weighted by Gasteiger charge is -2.03. The highest BCUT2D eigenvalue weighted by molar-refractivity contribution is 6.33. The summed E-state index contributed by atoms with van der Waals surface area (Å²) in [5.41, 5.74) is 1.42. The van der Waals surface area contributed by atoms with Gasteiger partial charge in [-0.2, -0.15) is 5.10 Å². The predicted molar refractivity (Wildman–Crippen MR) is 84.4 cm³/mol. The van der Waals surface area contributed by atoms with Crippen LogP contribution in [-0.4, -0.2) is 16.1 Å². The lowest BCUT2D eigenvalue weighted by atomic mass is 10.1. The average Bonchev–Trinajstić information content (AvgIpc) is 2.85. The molecule has 0 aliphatic rings. The molecule has 3 nitrogen and oxygen atoms in total. The molecule has 0 radical (unpaired) electrons. The Morgan fingerprint density at radius 2 is 1.73 bits per heavy atom. The summed E-state index contributed by atoms with van der Waals surface area (Å²) in [5.74, 6) is -0.480. The quantitative estimate of drug-likeness (QED) is 0.645. The van der Waals surface area contributed by atoms with Crippen LogP contribution in [0.3, 0.4) is 0 Å². The number of benzene rings is 2. The van der Waals surface area contributed by atoms with Crippen LogP contribution in [0.2, 0.25) is 10.2 Å². The van der Waals surface area contributed by atoms with Crippen molar-refractivity contribution in [1.29, 1.82) is 0 Å². The van der Waals surface area contributed by atoms with E-state index >= 15 is 0 Å². The third-order valence-electron chi connectivity index (χ3n) is 3.18. The fourth-order valence-corrected chi connectivity index (χ4v) is 2.51. The van der Waals surface area contributed by atoms with Crippen molar-refractivity contribution < 1.29 is 9.18 Å². The van der Waals surface area contributed by atoms with Crippen LogP contribution in [0.15, 0.2) is 48.5 Å². The van der Waals surface area contributed by atoms with E-state index < -0.39 is 5.82 Å². The molecule has 110 valence electrons. The highest BCUT2D eigenvalue weighted by Crippen LogP contribution is 2.30. The lowest BCUT2D eigenvalue weighted by molar-refractivity contribution is 0.112. The first-order valence-electron chi connectivity index (χ1n) is 6.36. The molecule has 0 fully saturated rings. The summed E-state index contributed by atoms with van der Waals surface area (Å²) in [4.78, 5) is 11.4. The van der Waals surface area contributed by atoms with Gasteiger partial charge in [0.2, 0.25) is 0 Å². The van der Waals surface area contributed by atoms with Gasteiger partial charge in [0.15, 0.2) is 6.29 Å². The van der Waals surface area contributed by atoms with E-state index in [1.54, 1.807) is 36.4 Å². The average molecular weight is 335 g/mol. The summed E-state index contributed by atoms with van der Waals surface area (Å²) >= 11 is 12.0. The van der Waals surface area contributed by atoms with Crippen molar-refractivity contribution in [3.63, 3.8) is 0 Å². The Morgan fingerprint density at radius 3 is 2.36 bits per heavy atom. The van der Waals surface area contributed by atoms with Crippen LogP contribution < -0.4 is 0 Å². The number of para-hydroxylation sites is 1. The summed E-state index contributed by atoms with van der Waals surface area (Å²) in [6.07, 6.45) is 0.608. The van der Waals surface area contributed by atoms with Crippen LogP contribution in [-0.2, 0) is 0 Å². The second-order valence-corrected chi connectivity index (χ2v) is 5.34. The van der Waals surface area contributed by atoms with Gasteiger partial charge in [-0.1, -0.05) is 47.5 Å². The van der Waals surface area contributed by atoms with Gasteiger partial charge in [0.1, 0.15) is 22.4 Å². The number of rotatable bonds is 3. The molecule has 6 heteroatoms. The fraction of sp³-hybridized carbons (Fsp3) is 0. The van der Waals surface area contributed by atoms with E-state index in [0.29, 0.717) is 22.6 Å². The van der Waals surface area contributed by atoms with E-state index in [2.05, 4.69) is 5.10 Å². The second kappa shape index (κ2) is 5.91. The number of hydrogen-bond donors (Lipinski definition) is 0. The van der Waals surface area contributed by atoms with Crippen molar-refractivity contribution in [2.45, 2.75) is 0 Å². The number of hydrogen-bond acceptors (Lipinski definition) is 2. The summed E-state index contributed by atoms with van der Waals surface area (Å²) < 4.78 is 15.1. The molecule has 1 heterocycles. The minimum atomic E-state index is -0.480. The predicted octanol–water partition coefficient (Wildman–Crippen LogP) is 4.80.